The summed E-state index contributed by atoms with van der Waals surface area (Å²) in [6, 6.07) is 0. The number of rotatable bonds is 3. The number of methoxy groups -OCH3 is 1. The quantitative estimate of drug-likeness (QED) is 0.794. The van der Waals surface area contributed by atoms with Gasteiger partial charge in [-0.2, -0.15) is 0 Å². The molecule has 0 unspecified atom stereocenters. The molecule has 0 aromatic rings. The van der Waals surface area contributed by atoms with E-state index in [0.717, 1.165) is 0 Å². The number of ether oxygens (including phenoxy) is 2. The molecule has 0 amide bonds. The zero-order chi connectivity index (χ0) is 9.95. The minimum absolute atomic E-state index is 0. The molecule has 2 N–H and O–H groups in total. The molecule has 0 aliphatic carbocycles. The number of alkyl halides is 2. The Labute approximate surface area is 88.3 Å². The van der Waals surface area contributed by atoms with E-state index in [-0.39, 0.29) is 25.2 Å². The molecule has 1 saturated heterocycles. The molecule has 0 aromatic carbocycles. The van der Waals surface area contributed by atoms with Crippen LogP contribution in [0.5, 0.6) is 0 Å². The molecule has 0 bridgehead atoms. The van der Waals surface area contributed by atoms with Crippen molar-refractivity contribution in [2.75, 3.05) is 26.9 Å². The minimum Gasteiger partial charge on any atom is -0.381 e. The van der Waals surface area contributed by atoms with E-state index in [4.69, 9.17) is 15.2 Å². The van der Waals surface area contributed by atoms with Gasteiger partial charge in [0.2, 0.25) is 0 Å². The molecule has 1 fully saturated rings. The Kier molecular flexibility index (Phi) is 5.22. The van der Waals surface area contributed by atoms with Crippen LogP contribution in [0.3, 0.4) is 0 Å². The summed E-state index contributed by atoms with van der Waals surface area (Å²) in [5.74, 6) is -2.97. The topological polar surface area (TPSA) is 44.5 Å². The van der Waals surface area contributed by atoms with E-state index in [9.17, 15) is 8.78 Å². The van der Waals surface area contributed by atoms with Gasteiger partial charge in [0.15, 0.2) is 0 Å². The van der Waals surface area contributed by atoms with E-state index in [1.807, 2.05) is 0 Å². The zero-order valence-corrected chi connectivity index (χ0v) is 8.91. The minimum atomic E-state index is -2.97. The number of hydrogen-bond acceptors (Lipinski definition) is 3. The summed E-state index contributed by atoms with van der Waals surface area (Å²) in [7, 11) is 1.30. The maximum Gasteiger partial charge on any atom is 0.288 e. The Morgan fingerprint density at radius 2 is 1.93 bits per heavy atom. The molecule has 1 heterocycles. The third kappa shape index (κ3) is 2.34. The van der Waals surface area contributed by atoms with Gasteiger partial charge in [0.05, 0.1) is 6.54 Å². The lowest BCUT2D eigenvalue weighted by molar-refractivity contribution is -0.222. The highest BCUT2D eigenvalue weighted by atomic mass is 35.5. The van der Waals surface area contributed by atoms with Crippen molar-refractivity contribution < 1.29 is 18.3 Å². The first-order valence-electron chi connectivity index (χ1n) is 4.29. The molecule has 0 atom stereocenters. The fourth-order valence-electron chi connectivity index (χ4n) is 1.61. The zero-order valence-electron chi connectivity index (χ0n) is 8.09. The first-order chi connectivity index (χ1) is 6.08. The lowest BCUT2D eigenvalue weighted by atomic mass is 9.87. The van der Waals surface area contributed by atoms with Crippen LogP contribution in [-0.2, 0) is 9.47 Å². The SMILES string of the molecule is COC1(C(F)(F)CN)CCOCC1.Cl. The van der Waals surface area contributed by atoms with Crippen molar-refractivity contribution in [2.45, 2.75) is 24.4 Å². The van der Waals surface area contributed by atoms with Gasteiger partial charge >= 0.3 is 0 Å². The highest BCUT2D eigenvalue weighted by molar-refractivity contribution is 5.85. The van der Waals surface area contributed by atoms with Crippen molar-refractivity contribution in [3.63, 3.8) is 0 Å². The maximum atomic E-state index is 13.4. The highest BCUT2D eigenvalue weighted by Gasteiger charge is 2.53. The van der Waals surface area contributed by atoms with Crippen molar-refractivity contribution in [1.82, 2.24) is 0 Å². The molecular weight excluding hydrogens is 216 g/mol. The van der Waals surface area contributed by atoms with Crippen molar-refractivity contribution in [3.05, 3.63) is 0 Å². The van der Waals surface area contributed by atoms with Crippen LogP contribution in [0, 0.1) is 0 Å². The van der Waals surface area contributed by atoms with E-state index in [1.165, 1.54) is 7.11 Å². The Balaban J connectivity index is 0.00000169. The van der Waals surface area contributed by atoms with Crippen molar-refractivity contribution in [2.24, 2.45) is 5.73 Å². The third-order valence-electron chi connectivity index (χ3n) is 2.61. The standard InChI is InChI=1S/C8H15F2NO2.ClH/c1-12-7(8(9,10)6-11)2-4-13-5-3-7;/h2-6,11H2,1H3;1H. The molecule has 1 aliphatic rings. The fourth-order valence-corrected chi connectivity index (χ4v) is 1.61. The van der Waals surface area contributed by atoms with Crippen molar-refractivity contribution >= 4 is 12.4 Å². The van der Waals surface area contributed by atoms with Crippen molar-refractivity contribution in [3.8, 4) is 0 Å². The average molecular weight is 232 g/mol. The Morgan fingerprint density at radius 1 is 1.43 bits per heavy atom. The molecule has 86 valence electrons. The van der Waals surface area contributed by atoms with E-state index < -0.39 is 18.1 Å². The summed E-state index contributed by atoms with van der Waals surface area (Å²) >= 11 is 0. The van der Waals surface area contributed by atoms with Crippen molar-refractivity contribution in [1.29, 1.82) is 0 Å². The van der Waals surface area contributed by atoms with Gasteiger partial charge < -0.3 is 15.2 Å². The van der Waals surface area contributed by atoms with Gasteiger partial charge in [-0.3, -0.25) is 0 Å². The molecule has 14 heavy (non-hydrogen) atoms. The highest BCUT2D eigenvalue weighted by Crippen LogP contribution is 2.38. The lowest BCUT2D eigenvalue weighted by Gasteiger charge is -2.41. The van der Waals surface area contributed by atoms with Gasteiger partial charge in [-0.25, -0.2) is 8.78 Å². The van der Waals surface area contributed by atoms with Gasteiger partial charge in [-0.15, -0.1) is 12.4 Å². The van der Waals surface area contributed by atoms with Crippen LogP contribution < -0.4 is 5.73 Å². The molecular formula is C8H16ClF2NO2. The molecule has 0 aromatic heterocycles. The average Bonchev–Trinajstić information content (AvgIpc) is 2.18. The van der Waals surface area contributed by atoms with Crippen LogP contribution >= 0.6 is 12.4 Å². The fraction of sp³-hybridized carbons (Fsp3) is 1.00. The lowest BCUT2D eigenvalue weighted by Crippen LogP contribution is -2.56. The predicted molar refractivity (Wildman–Crippen MR) is 51.0 cm³/mol. The number of halogens is 3. The molecule has 0 saturated carbocycles. The monoisotopic (exact) mass is 231 g/mol. The second kappa shape index (κ2) is 5.21. The molecule has 1 rings (SSSR count). The molecule has 1 aliphatic heterocycles. The first kappa shape index (κ1) is 14.0. The summed E-state index contributed by atoms with van der Waals surface area (Å²) in [5, 5.41) is 0. The second-order valence-corrected chi connectivity index (χ2v) is 3.22. The normalized spacial score (nSPS) is 21.4. The van der Waals surface area contributed by atoms with Crippen LogP contribution in [0.25, 0.3) is 0 Å². The third-order valence-corrected chi connectivity index (χ3v) is 2.61. The predicted octanol–water partition coefficient (Wildman–Crippen LogP) is 1.20. The molecule has 6 heteroatoms. The number of nitrogens with two attached hydrogens (primary N) is 1. The van der Waals surface area contributed by atoms with E-state index >= 15 is 0 Å². The largest absolute Gasteiger partial charge is 0.381 e. The van der Waals surface area contributed by atoms with Crippen LogP contribution in [0.15, 0.2) is 0 Å². The van der Waals surface area contributed by atoms with Gasteiger partial charge in [0, 0.05) is 33.2 Å². The van der Waals surface area contributed by atoms with Crippen LogP contribution in [0.4, 0.5) is 8.78 Å². The van der Waals surface area contributed by atoms with Crippen LogP contribution in [0.2, 0.25) is 0 Å². The summed E-state index contributed by atoms with van der Waals surface area (Å²) in [6.45, 7) is -0.0618. The van der Waals surface area contributed by atoms with Gasteiger partial charge in [-0.05, 0) is 0 Å². The van der Waals surface area contributed by atoms with E-state index in [2.05, 4.69) is 0 Å². The summed E-state index contributed by atoms with van der Waals surface area (Å²) in [6.07, 6.45) is 0.404. The summed E-state index contributed by atoms with van der Waals surface area (Å²) in [5.41, 5.74) is 3.61. The Bertz CT molecular complexity index is 175. The number of hydrogen-bond donors (Lipinski definition) is 1. The Morgan fingerprint density at radius 3 is 2.29 bits per heavy atom. The van der Waals surface area contributed by atoms with Crippen LogP contribution in [-0.4, -0.2) is 38.4 Å². The summed E-state index contributed by atoms with van der Waals surface area (Å²) in [4.78, 5) is 0. The molecule has 0 spiro atoms. The van der Waals surface area contributed by atoms with E-state index in [0.29, 0.717) is 13.2 Å². The van der Waals surface area contributed by atoms with Gasteiger partial charge in [0.25, 0.3) is 5.92 Å². The molecule has 0 radical (unpaired) electrons. The summed E-state index contributed by atoms with van der Waals surface area (Å²) < 4.78 is 36.7. The smallest absolute Gasteiger partial charge is 0.288 e. The second-order valence-electron chi connectivity index (χ2n) is 3.22. The first-order valence-corrected chi connectivity index (χ1v) is 4.29. The van der Waals surface area contributed by atoms with Gasteiger partial charge in [0.1, 0.15) is 5.60 Å². The Hall–Kier alpha value is 0.0300. The molecule has 3 nitrogen and oxygen atoms in total. The van der Waals surface area contributed by atoms with Crippen LogP contribution in [0.1, 0.15) is 12.8 Å². The maximum absolute atomic E-state index is 13.4. The van der Waals surface area contributed by atoms with E-state index in [1.54, 1.807) is 0 Å². The van der Waals surface area contributed by atoms with Gasteiger partial charge in [-0.1, -0.05) is 0 Å².